The van der Waals surface area contributed by atoms with Gasteiger partial charge in [-0.15, -0.1) is 6.42 Å². The number of hydrogen-bond donors (Lipinski definition) is 0. The molecule has 0 unspecified atom stereocenters. The van der Waals surface area contributed by atoms with Gasteiger partial charge in [0.15, 0.2) is 5.60 Å². The Morgan fingerprint density at radius 2 is 1.93 bits per heavy atom. The fourth-order valence-corrected chi connectivity index (χ4v) is 1.14. The molecule has 0 saturated carbocycles. The normalized spacial score (nSPS) is 10.8. The van der Waals surface area contributed by atoms with Gasteiger partial charge < -0.3 is 4.74 Å². The molecular formula is C13H16O. The first kappa shape index (κ1) is 10.7. The van der Waals surface area contributed by atoms with Crippen molar-refractivity contribution in [3.05, 3.63) is 29.3 Å². The van der Waals surface area contributed by atoms with Crippen LogP contribution in [-0.2, 0) is 0 Å². The lowest BCUT2D eigenvalue weighted by Gasteiger charge is -2.22. The first-order chi connectivity index (χ1) is 6.46. The molecule has 0 N–H and O–H groups in total. The molecule has 1 nitrogen and oxygen atoms in total. The average Bonchev–Trinajstić information content (AvgIpc) is 2.13. The standard InChI is InChI=1S/C13H16O/c1-6-13(4,5)14-12-9-7-8-10(2)11(12)3/h1,7-9H,2-5H3. The Balaban J connectivity index is 3.00. The molecule has 0 aliphatic rings. The molecule has 1 rings (SSSR count). The lowest BCUT2D eigenvalue weighted by Crippen LogP contribution is -2.25. The molecule has 1 heteroatoms. The van der Waals surface area contributed by atoms with Gasteiger partial charge in [-0.3, -0.25) is 0 Å². The van der Waals surface area contributed by atoms with E-state index in [1.165, 1.54) is 5.56 Å². The smallest absolute Gasteiger partial charge is 0.163 e. The quantitative estimate of drug-likeness (QED) is 0.648. The van der Waals surface area contributed by atoms with E-state index < -0.39 is 5.60 Å². The minimum atomic E-state index is -0.543. The molecule has 0 aliphatic heterocycles. The predicted molar refractivity (Wildman–Crippen MR) is 59.5 cm³/mol. The highest BCUT2D eigenvalue weighted by atomic mass is 16.5. The van der Waals surface area contributed by atoms with Crippen molar-refractivity contribution in [1.82, 2.24) is 0 Å². The van der Waals surface area contributed by atoms with Gasteiger partial charge in [0.05, 0.1) is 0 Å². The van der Waals surface area contributed by atoms with Crippen LogP contribution in [0.25, 0.3) is 0 Å². The lowest BCUT2D eigenvalue weighted by molar-refractivity contribution is 0.171. The third kappa shape index (κ3) is 2.29. The van der Waals surface area contributed by atoms with Crippen LogP contribution >= 0.6 is 0 Å². The molecule has 1 aromatic rings. The molecule has 0 aromatic heterocycles. The van der Waals surface area contributed by atoms with E-state index >= 15 is 0 Å². The van der Waals surface area contributed by atoms with Crippen LogP contribution in [0.15, 0.2) is 18.2 Å². The largest absolute Gasteiger partial charge is 0.475 e. The minimum Gasteiger partial charge on any atom is -0.475 e. The summed E-state index contributed by atoms with van der Waals surface area (Å²) in [6.45, 7) is 7.87. The van der Waals surface area contributed by atoms with Gasteiger partial charge in [-0.1, -0.05) is 18.1 Å². The Hall–Kier alpha value is -1.42. The van der Waals surface area contributed by atoms with E-state index in [-0.39, 0.29) is 0 Å². The van der Waals surface area contributed by atoms with Crippen molar-refractivity contribution in [2.45, 2.75) is 33.3 Å². The van der Waals surface area contributed by atoms with Crippen LogP contribution < -0.4 is 4.74 Å². The van der Waals surface area contributed by atoms with Crippen molar-refractivity contribution in [3.8, 4) is 18.1 Å². The van der Waals surface area contributed by atoms with Gasteiger partial charge in [0.2, 0.25) is 0 Å². The summed E-state index contributed by atoms with van der Waals surface area (Å²) in [7, 11) is 0. The molecule has 0 aliphatic carbocycles. The van der Waals surface area contributed by atoms with Crippen LogP contribution in [0.1, 0.15) is 25.0 Å². The summed E-state index contributed by atoms with van der Waals surface area (Å²) in [5.74, 6) is 3.48. The fraction of sp³-hybridized carbons (Fsp3) is 0.385. The summed E-state index contributed by atoms with van der Waals surface area (Å²) in [6, 6.07) is 5.98. The highest BCUT2D eigenvalue weighted by molar-refractivity contribution is 5.39. The molecule has 0 bridgehead atoms. The van der Waals surface area contributed by atoms with Crippen molar-refractivity contribution in [2.75, 3.05) is 0 Å². The number of rotatable bonds is 2. The van der Waals surface area contributed by atoms with Crippen molar-refractivity contribution < 1.29 is 4.74 Å². The maximum atomic E-state index is 5.73. The molecule has 14 heavy (non-hydrogen) atoms. The molecule has 1 aromatic carbocycles. The van der Waals surface area contributed by atoms with Crippen LogP contribution in [0.3, 0.4) is 0 Å². The van der Waals surface area contributed by atoms with Crippen molar-refractivity contribution >= 4 is 0 Å². The topological polar surface area (TPSA) is 9.23 Å². The molecule has 0 saturated heterocycles. The van der Waals surface area contributed by atoms with Crippen molar-refractivity contribution in [2.24, 2.45) is 0 Å². The van der Waals surface area contributed by atoms with E-state index in [0.717, 1.165) is 11.3 Å². The average molecular weight is 188 g/mol. The fourth-order valence-electron chi connectivity index (χ4n) is 1.14. The lowest BCUT2D eigenvalue weighted by atomic mass is 10.1. The maximum absolute atomic E-state index is 5.73. The van der Waals surface area contributed by atoms with Gasteiger partial charge in [-0.05, 0) is 44.9 Å². The second-order valence-corrected chi connectivity index (χ2v) is 3.95. The van der Waals surface area contributed by atoms with E-state index in [2.05, 4.69) is 18.9 Å². The zero-order valence-electron chi connectivity index (χ0n) is 9.22. The van der Waals surface area contributed by atoms with Gasteiger partial charge in [0.25, 0.3) is 0 Å². The van der Waals surface area contributed by atoms with Crippen molar-refractivity contribution in [3.63, 3.8) is 0 Å². The maximum Gasteiger partial charge on any atom is 0.163 e. The first-order valence-corrected chi connectivity index (χ1v) is 4.69. The first-order valence-electron chi connectivity index (χ1n) is 4.69. The minimum absolute atomic E-state index is 0.543. The van der Waals surface area contributed by atoms with Gasteiger partial charge in [-0.2, -0.15) is 0 Å². The number of ether oxygens (including phenoxy) is 1. The second kappa shape index (κ2) is 3.75. The molecule has 0 heterocycles. The Morgan fingerprint density at radius 3 is 2.50 bits per heavy atom. The Kier molecular flexibility index (Phi) is 2.86. The number of hydrogen-bond acceptors (Lipinski definition) is 1. The zero-order chi connectivity index (χ0) is 10.8. The van der Waals surface area contributed by atoms with Crippen LogP contribution in [0.4, 0.5) is 0 Å². The highest BCUT2D eigenvalue weighted by Crippen LogP contribution is 2.24. The zero-order valence-corrected chi connectivity index (χ0v) is 9.22. The van der Waals surface area contributed by atoms with Crippen LogP contribution in [0.5, 0.6) is 5.75 Å². The van der Waals surface area contributed by atoms with Crippen LogP contribution in [-0.4, -0.2) is 5.60 Å². The van der Waals surface area contributed by atoms with Crippen LogP contribution in [0, 0.1) is 26.2 Å². The number of terminal acetylenes is 1. The van der Waals surface area contributed by atoms with Gasteiger partial charge >= 0.3 is 0 Å². The predicted octanol–water partition coefficient (Wildman–Crippen LogP) is 3.09. The SMILES string of the molecule is C#CC(C)(C)Oc1cccc(C)c1C. The summed E-state index contributed by atoms with van der Waals surface area (Å²) < 4.78 is 5.73. The van der Waals surface area contributed by atoms with Gasteiger partial charge in [0, 0.05) is 0 Å². The monoisotopic (exact) mass is 188 g/mol. The molecule has 0 amide bonds. The highest BCUT2D eigenvalue weighted by Gasteiger charge is 2.16. The van der Waals surface area contributed by atoms with E-state index in [1.807, 2.05) is 32.9 Å². The van der Waals surface area contributed by atoms with E-state index in [0.29, 0.717) is 0 Å². The number of benzene rings is 1. The Labute approximate surface area is 86.1 Å². The van der Waals surface area contributed by atoms with Gasteiger partial charge in [0.1, 0.15) is 5.75 Å². The van der Waals surface area contributed by atoms with Gasteiger partial charge in [-0.25, -0.2) is 0 Å². The summed E-state index contributed by atoms with van der Waals surface area (Å²) >= 11 is 0. The number of aryl methyl sites for hydroxylation is 1. The van der Waals surface area contributed by atoms with E-state index in [1.54, 1.807) is 0 Å². The van der Waals surface area contributed by atoms with E-state index in [4.69, 9.17) is 11.2 Å². The molecule has 0 fully saturated rings. The van der Waals surface area contributed by atoms with Crippen molar-refractivity contribution in [1.29, 1.82) is 0 Å². The molecule has 0 spiro atoms. The third-order valence-corrected chi connectivity index (χ3v) is 2.27. The molecule has 0 radical (unpaired) electrons. The molecule has 74 valence electrons. The summed E-state index contributed by atoms with van der Waals surface area (Å²) in [5.41, 5.74) is 1.82. The third-order valence-electron chi connectivity index (χ3n) is 2.27. The molecule has 0 atom stereocenters. The van der Waals surface area contributed by atoms with E-state index in [9.17, 15) is 0 Å². The molecular weight excluding hydrogens is 172 g/mol. The summed E-state index contributed by atoms with van der Waals surface area (Å²) in [4.78, 5) is 0. The second-order valence-electron chi connectivity index (χ2n) is 3.95. The Morgan fingerprint density at radius 1 is 1.29 bits per heavy atom. The Bertz CT molecular complexity index is 369. The van der Waals surface area contributed by atoms with Crippen LogP contribution in [0.2, 0.25) is 0 Å². The summed E-state index contributed by atoms with van der Waals surface area (Å²) in [6.07, 6.45) is 5.37. The summed E-state index contributed by atoms with van der Waals surface area (Å²) in [5, 5.41) is 0.